The van der Waals surface area contributed by atoms with Gasteiger partial charge in [-0.2, -0.15) is 0 Å². The minimum atomic E-state index is 0.984. The Kier molecular flexibility index (Phi) is 2.91. The van der Waals surface area contributed by atoms with E-state index in [0.29, 0.717) is 0 Å². The van der Waals surface area contributed by atoms with E-state index in [1.54, 1.807) is 0 Å². The fraction of sp³-hybridized carbons (Fsp3) is 0. The van der Waals surface area contributed by atoms with E-state index in [2.05, 4.69) is 75.2 Å². The van der Waals surface area contributed by atoms with Crippen molar-refractivity contribution in [2.24, 2.45) is 0 Å². The van der Waals surface area contributed by atoms with Crippen molar-refractivity contribution in [3.05, 3.63) is 79.4 Å². The Morgan fingerprint density at radius 3 is 2.52 bits per heavy atom. The monoisotopic (exact) mass is 431 g/mol. The fourth-order valence-corrected chi connectivity index (χ4v) is 7.40. The van der Waals surface area contributed by atoms with Crippen LogP contribution in [-0.2, 0) is 0 Å². The molecule has 5 heteroatoms. The number of aromatic nitrogens is 3. The second kappa shape index (κ2) is 5.58. The molecule has 8 aromatic rings. The lowest BCUT2D eigenvalue weighted by Crippen LogP contribution is -1.91. The molecular weight excluding hydrogens is 418 g/mol. The van der Waals surface area contributed by atoms with Crippen LogP contribution < -0.4 is 0 Å². The highest BCUT2D eigenvalue weighted by molar-refractivity contribution is 7.28. The Balaban J connectivity index is 1.62. The lowest BCUT2D eigenvalue weighted by atomic mass is 10.0. The summed E-state index contributed by atoms with van der Waals surface area (Å²) in [5, 5.41) is 8.93. The number of thiophene rings is 2. The number of rotatable bonds is 0. The first-order valence-electron chi connectivity index (χ1n) is 10.2. The molecule has 0 radical (unpaired) electrons. The largest absolute Gasteiger partial charge is 0.299 e. The van der Waals surface area contributed by atoms with E-state index in [1.165, 1.54) is 56.6 Å². The van der Waals surface area contributed by atoms with E-state index in [9.17, 15) is 0 Å². The van der Waals surface area contributed by atoms with Gasteiger partial charge in [-0.25, -0.2) is 4.98 Å². The molecule has 0 atom stereocenters. The number of imidazole rings is 1. The average Bonchev–Trinajstić information content (AvgIpc) is 3.52. The molecular formula is C26H13N3S2. The van der Waals surface area contributed by atoms with Crippen LogP contribution in [0.4, 0.5) is 0 Å². The molecule has 0 aliphatic heterocycles. The molecule has 0 unspecified atom stereocenters. The van der Waals surface area contributed by atoms with Crippen LogP contribution in [0, 0.1) is 0 Å². The zero-order valence-corrected chi connectivity index (χ0v) is 17.8. The van der Waals surface area contributed by atoms with Gasteiger partial charge in [0.1, 0.15) is 5.65 Å². The highest BCUT2D eigenvalue weighted by Gasteiger charge is 2.16. The van der Waals surface area contributed by atoms with E-state index in [0.717, 1.165) is 11.0 Å². The number of nitrogens with zero attached hydrogens (tertiary/aromatic N) is 3. The molecule has 0 saturated heterocycles. The lowest BCUT2D eigenvalue weighted by Gasteiger charge is -2.08. The van der Waals surface area contributed by atoms with Gasteiger partial charge < -0.3 is 0 Å². The molecule has 144 valence electrons. The van der Waals surface area contributed by atoms with E-state index in [1.807, 2.05) is 41.3 Å². The molecule has 8 rings (SSSR count). The van der Waals surface area contributed by atoms with Gasteiger partial charge in [-0.3, -0.25) is 9.38 Å². The Labute approximate surface area is 183 Å². The van der Waals surface area contributed by atoms with Crippen LogP contribution in [0.2, 0.25) is 0 Å². The van der Waals surface area contributed by atoms with Crippen LogP contribution in [0.1, 0.15) is 0 Å². The zero-order chi connectivity index (χ0) is 20.1. The van der Waals surface area contributed by atoms with Gasteiger partial charge in [0, 0.05) is 81.3 Å². The third-order valence-corrected chi connectivity index (χ3v) is 8.67. The van der Waals surface area contributed by atoms with Crippen LogP contribution in [0.15, 0.2) is 79.4 Å². The molecule has 0 fully saturated rings. The van der Waals surface area contributed by atoms with Gasteiger partial charge in [-0.05, 0) is 30.3 Å². The minimum absolute atomic E-state index is 0.984. The van der Waals surface area contributed by atoms with Crippen molar-refractivity contribution in [3.8, 4) is 0 Å². The third-order valence-electron chi connectivity index (χ3n) is 6.35. The van der Waals surface area contributed by atoms with Gasteiger partial charge in [0.05, 0.1) is 5.52 Å². The Morgan fingerprint density at radius 1 is 0.677 bits per heavy atom. The highest BCUT2D eigenvalue weighted by Crippen LogP contribution is 2.45. The van der Waals surface area contributed by atoms with Crippen LogP contribution in [0.5, 0.6) is 0 Å². The maximum absolute atomic E-state index is 4.62. The standard InChI is InChI=1S/C26H13N3S2/c1-2-4-21-14(3-1)17-11-23-18(12-22(17)30-21)15-5-6-20-24(25(15)31-23)19-13-27-8-7-16(19)26-28-9-10-29(20)26/h1-13H. The summed E-state index contributed by atoms with van der Waals surface area (Å²) in [6, 6.07) is 20.1. The summed E-state index contributed by atoms with van der Waals surface area (Å²) in [6.45, 7) is 0. The van der Waals surface area contributed by atoms with Crippen molar-refractivity contribution in [1.29, 1.82) is 0 Å². The summed E-state index contributed by atoms with van der Waals surface area (Å²) >= 11 is 3.77. The van der Waals surface area contributed by atoms with Crippen LogP contribution >= 0.6 is 22.7 Å². The van der Waals surface area contributed by atoms with Crippen LogP contribution in [0.3, 0.4) is 0 Å². The minimum Gasteiger partial charge on any atom is -0.299 e. The maximum Gasteiger partial charge on any atom is 0.145 e. The lowest BCUT2D eigenvalue weighted by molar-refractivity contribution is 1.27. The van der Waals surface area contributed by atoms with Crippen LogP contribution in [-0.4, -0.2) is 14.4 Å². The van der Waals surface area contributed by atoms with Gasteiger partial charge in [0.25, 0.3) is 0 Å². The summed E-state index contributed by atoms with van der Waals surface area (Å²) < 4.78 is 7.56. The van der Waals surface area contributed by atoms with Crippen molar-refractivity contribution in [3.63, 3.8) is 0 Å². The summed E-state index contributed by atoms with van der Waals surface area (Å²) in [5.41, 5.74) is 2.16. The molecule has 0 saturated carbocycles. The van der Waals surface area contributed by atoms with Gasteiger partial charge >= 0.3 is 0 Å². The predicted octanol–water partition coefficient (Wildman–Crippen LogP) is 7.77. The highest BCUT2D eigenvalue weighted by atomic mass is 32.1. The summed E-state index contributed by atoms with van der Waals surface area (Å²) in [5.74, 6) is 0. The molecule has 5 aromatic heterocycles. The van der Waals surface area contributed by atoms with Gasteiger partial charge in [0.2, 0.25) is 0 Å². The number of hydrogen-bond donors (Lipinski definition) is 0. The van der Waals surface area contributed by atoms with Gasteiger partial charge in [-0.1, -0.05) is 24.3 Å². The van der Waals surface area contributed by atoms with E-state index in [4.69, 9.17) is 0 Å². The first-order chi connectivity index (χ1) is 15.4. The summed E-state index contributed by atoms with van der Waals surface area (Å²) in [4.78, 5) is 9.07. The zero-order valence-electron chi connectivity index (χ0n) is 16.2. The second-order valence-corrected chi connectivity index (χ2v) is 10.1. The molecule has 3 nitrogen and oxygen atoms in total. The average molecular weight is 432 g/mol. The van der Waals surface area contributed by atoms with Crippen molar-refractivity contribution in [2.45, 2.75) is 0 Å². The quantitative estimate of drug-likeness (QED) is 0.230. The Morgan fingerprint density at radius 2 is 1.55 bits per heavy atom. The molecule has 3 aromatic carbocycles. The van der Waals surface area contributed by atoms with E-state index < -0.39 is 0 Å². The maximum atomic E-state index is 4.62. The molecule has 0 N–H and O–H groups in total. The smallest absolute Gasteiger partial charge is 0.145 e. The molecule has 0 spiro atoms. The van der Waals surface area contributed by atoms with E-state index in [-0.39, 0.29) is 0 Å². The topological polar surface area (TPSA) is 30.2 Å². The molecule has 0 aliphatic carbocycles. The molecule has 5 heterocycles. The van der Waals surface area contributed by atoms with Crippen molar-refractivity contribution < 1.29 is 0 Å². The van der Waals surface area contributed by atoms with E-state index >= 15 is 0 Å². The Hall–Kier alpha value is -3.54. The number of benzene rings is 3. The number of pyridine rings is 2. The Bertz CT molecular complexity index is 2010. The molecule has 0 amide bonds. The van der Waals surface area contributed by atoms with Crippen molar-refractivity contribution in [1.82, 2.24) is 14.4 Å². The van der Waals surface area contributed by atoms with Crippen molar-refractivity contribution in [2.75, 3.05) is 0 Å². The fourth-order valence-electron chi connectivity index (χ4n) is 4.99. The third kappa shape index (κ3) is 1.98. The van der Waals surface area contributed by atoms with Gasteiger partial charge in [0.15, 0.2) is 0 Å². The molecule has 0 aliphatic rings. The SMILES string of the molecule is c1ccc2c(c1)sc1cc3c(cc12)sc1c3ccc2c1c1cnccc1c1nccn21. The molecule has 31 heavy (non-hydrogen) atoms. The second-order valence-electron chi connectivity index (χ2n) is 7.92. The summed E-state index contributed by atoms with van der Waals surface area (Å²) in [6.07, 6.45) is 7.77. The van der Waals surface area contributed by atoms with Crippen LogP contribution in [0.25, 0.3) is 67.7 Å². The summed E-state index contributed by atoms with van der Waals surface area (Å²) in [7, 11) is 0. The van der Waals surface area contributed by atoms with Gasteiger partial charge in [-0.15, -0.1) is 22.7 Å². The predicted molar refractivity (Wildman–Crippen MR) is 134 cm³/mol. The first-order valence-corrected chi connectivity index (χ1v) is 11.8. The normalized spacial score (nSPS) is 12.5. The first kappa shape index (κ1) is 16.2. The van der Waals surface area contributed by atoms with Crippen molar-refractivity contribution >= 4 is 90.3 Å². The molecule has 0 bridgehead atoms. The number of fused-ring (bicyclic) bond motifs is 13. The number of hydrogen-bond acceptors (Lipinski definition) is 4.